The molecule has 0 unspecified atom stereocenters. The van der Waals surface area contributed by atoms with Crippen LogP contribution in [-0.2, 0) is 6.54 Å². The number of hydrogen-bond donors (Lipinski definition) is 1. The maximum absolute atomic E-state index is 6.45. The number of hydrogen-bond acceptors (Lipinski definition) is 3. The fourth-order valence-corrected chi connectivity index (χ4v) is 2.80. The van der Waals surface area contributed by atoms with Crippen molar-refractivity contribution in [3.05, 3.63) is 27.8 Å². The molecule has 1 aliphatic rings. The zero-order chi connectivity index (χ0) is 15.4. The fourth-order valence-electron chi connectivity index (χ4n) is 2.63. The summed E-state index contributed by atoms with van der Waals surface area (Å²) in [6, 6.07) is 2.09. The van der Waals surface area contributed by atoms with Crippen LogP contribution >= 0.6 is 11.6 Å². The number of halogens is 1. The number of benzene rings is 1. The molecule has 0 amide bonds. The van der Waals surface area contributed by atoms with E-state index in [1.807, 2.05) is 6.92 Å². The zero-order valence-electron chi connectivity index (χ0n) is 13.6. The van der Waals surface area contributed by atoms with E-state index < -0.39 is 0 Å². The van der Waals surface area contributed by atoms with Crippen molar-refractivity contribution in [3.63, 3.8) is 0 Å². The maximum Gasteiger partial charge on any atom is 0.124 e. The molecule has 1 N–H and O–H groups in total. The van der Waals surface area contributed by atoms with Crippen LogP contribution in [0.3, 0.4) is 0 Å². The van der Waals surface area contributed by atoms with Gasteiger partial charge >= 0.3 is 0 Å². The Labute approximate surface area is 133 Å². The van der Waals surface area contributed by atoms with Gasteiger partial charge in [-0.1, -0.05) is 25.4 Å². The summed E-state index contributed by atoms with van der Waals surface area (Å²) in [5.41, 5.74) is 3.50. The van der Waals surface area contributed by atoms with E-state index in [-0.39, 0.29) is 0 Å². The molecule has 1 saturated heterocycles. The summed E-state index contributed by atoms with van der Waals surface area (Å²) >= 11 is 6.45. The van der Waals surface area contributed by atoms with Crippen LogP contribution in [0.4, 0.5) is 0 Å². The van der Waals surface area contributed by atoms with Crippen LogP contribution in [0, 0.1) is 19.8 Å². The molecular weight excluding hydrogens is 284 g/mol. The van der Waals surface area contributed by atoms with Crippen molar-refractivity contribution in [1.29, 1.82) is 0 Å². The first-order valence-electron chi connectivity index (χ1n) is 7.83. The second-order valence-corrected chi connectivity index (χ2v) is 6.72. The van der Waals surface area contributed by atoms with Crippen LogP contribution in [0.25, 0.3) is 0 Å². The molecule has 0 spiro atoms. The van der Waals surface area contributed by atoms with Crippen molar-refractivity contribution < 1.29 is 4.74 Å². The molecule has 1 aliphatic heterocycles. The standard InChI is InChI=1S/C17H27ClN2O/c1-12(2)11-21-16-9-13(3)17(18)14(4)15(16)10-20-7-5-19-6-8-20/h9,12,19H,5-8,10-11H2,1-4H3. The SMILES string of the molecule is Cc1cc(OCC(C)C)c(CN2CCNCC2)c(C)c1Cl. The second-order valence-electron chi connectivity index (χ2n) is 6.34. The van der Waals surface area contributed by atoms with E-state index in [0.717, 1.165) is 61.2 Å². The lowest BCUT2D eigenvalue weighted by atomic mass is 10.0. The Morgan fingerprint density at radius 3 is 2.57 bits per heavy atom. The normalized spacial score (nSPS) is 16.5. The number of nitrogens with zero attached hydrogens (tertiary/aromatic N) is 1. The molecule has 0 atom stereocenters. The van der Waals surface area contributed by atoms with Crippen LogP contribution in [0.1, 0.15) is 30.5 Å². The minimum absolute atomic E-state index is 0.522. The van der Waals surface area contributed by atoms with Gasteiger partial charge in [0.15, 0.2) is 0 Å². The minimum atomic E-state index is 0.522. The molecule has 118 valence electrons. The second kappa shape index (κ2) is 7.48. The topological polar surface area (TPSA) is 24.5 Å². The molecule has 2 rings (SSSR count). The highest BCUT2D eigenvalue weighted by atomic mass is 35.5. The van der Waals surface area contributed by atoms with Gasteiger partial charge in [0, 0.05) is 43.3 Å². The Hall–Kier alpha value is -0.770. The van der Waals surface area contributed by atoms with Crippen molar-refractivity contribution in [1.82, 2.24) is 10.2 Å². The lowest BCUT2D eigenvalue weighted by Gasteiger charge is -2.29. The van der Waals surface area contributed by atoms with Crippen LogP contribution in [0.5, 0.6) is 5.75 Å². The van der Waals surface area contributed by atoms with Crippen LogP contribution < -0.4 is 10.1 Å². The number of nitrogens with one attached hydrogen (secondary N) is 1. The molecule has 1 fully saturated rings. The molecule has 3 nitrogen and oxygen atoms in total. The average molecular weight is 311 g/mol. The van der Waals surface area contributed by atoms with E-state index in [2.05, 4.69) is 37.1 Å². The molecule has 1 aromatic rings. The largest absolute Gasteiger partial charge is 0.493 e. The van der Waals surface area contributed by atoms with E-state index in [4.69, 9.17) is 16.3 Å². The van der Waals surface area contributed by atoms with Crippen molar-refractivity contribution in [2.75, 3.05) is 32.8 Å². The van der Waals surface area contributed by atoms with Crippen molar-refractivity contribution in [3.8, 4) is 5.75 Å². The third-order valence-electron chi connectivity index (χ3n) is 3.94. The van der Waals surface area contributed by atoms with Crippen LogP contribution in [0.15, 0.2) is 6.07 Å². The molecule has 0 saturated carbocycles. The molecule has 0 aromatic heterocycles. The Kier molecular flexibility index (Phi) is 5.91. The highest BCUT2D eigenvalue weighted by molar-refractivity contribution is 6.32. The van der Waals surface area contributed by atoms with Gasteiger partial charge in [0.1, 0.15) is 5.75 Å². The van der Waals surface area contributed by atoms with Crippen LogP contribution in [0.2, 0.25) is 5.02 Å². The highest BCUT2D eigenvalue weighted by Gasteiger charge is 2.18. The smallest absolute Gasteiger partial charge is 0.124 e. The monoisotopic (exact) mass is 310 g/mol. The van der Waals surface area contributed by atoms with E-state index in [1.54, 1.807) is 0 Å². The number of piperazine rings is 1. The Balaban J connectivity index is 2.24. The van der Waals surface area contributed by atoms with Gasteiger partial charge in [-0.2, -0.15) is 0 Å². The van der Waals surface area contributed by atoms with Gasteiger partial charge in [-0.3, -0.25) is 4.90 Å². The maximum atomic E-state index is 6.45. The molecule has 0 aliphatic carbocycles. The third kappa shape index (κ3) is 4.35. The summed E-state index contributed by atoms with van der Waals surface area (Å²) in [7, 11) is 0. The summed E-state index contributed by atoms with van der Waals surface area (Å²) in [5, 5.41) is 4.26. The lowest BCUT2D eigenvalue weighted by Crippen LogP contribution is -2.43. The van der Waals surface area contributed by atoms with E-state index in [0.29, 0.717) is 5.92 Å². The molecule has 0 bridgehead atoms. The average Bonchev–Trinajstić information content (AvgIpc) is 2.47. The van der Waals surface area contributed by atoms with Gasteiger partial charge in [-0.25, -0.2) is 0 Å². The number of rotatable bonds is 5. The highest BCUT2D eigenvalue weighted by Crippen LogP contribution is 2.33. The Morgan fingerprint density at radius 1 is 1.29 bits per heavy atom. The predicted octanol–water partition coefficient (Wildman–Crippen LogP) is 3.40. The quantitative estimate of drug-likeness (QED) is 0.902. The van der Waals surface area contributed by atoms with Gasteiger partial charge in [-0.15, -0.1) is 0 Å². The van der Waals surface area contributed by atoms with Crippen molar-refractivity contribution in [2.24, 2.45) is 5.92 Å². The Bertz CT molecular complexity index is 482. The number of aryl methyl sites for hydroxylation is 1. The fraction of sp³-hybridized carbons (Fsp3) is 0.647. The summed E-state index contributed by atoms with van der Waals surface area (Å²) in [5.74, 6) is 1.52. The molecule has 1 aromatic carbocycles. The van der Waals surface area contributed by atoms with Crippen molar-refractivity contribution in [2.45, 2.75) is 34.2 Å². The summed E-state index contributed by atoms with van der Waals surface area (Å²) in [6.07, 6.45) is 0. The molecular formula is C17H27ClN2O. The van der Waals surface area contributed by atoms with E-state index in [1.165, 1.54) is 5.56 Å². The first-order valence-corrected chi connectivity index (χ1v) is 8.21. The first-order chi connectivity index (χ1) is 9.99. The summed E-state index contributed by atoms with van der Waals surface area (Å²) in [6.45, 7) is 14.4. The third-order valence-corrected chi connectivity index (χ3v) is 4.52. The molecule has 1 heterocycles. The Morgan fingerprint density at radius 2 is 1.95 bits per heavy atom. The number of ether oxygens (including phenoxy) is 1. The molecule has 0 radical (unpaired) electrons. The van der Waals surface area contributed by atoms with Crippen LogP contribution in [-0.4, -0.2) is 37.7 Å². The summed E-state index contributed by atoms with van der Waals surface area (Å²) in [4.78, 5) is 2.47. The van der Waals surface area contributed by atoms with E-state index >= 15 is 0 Å². The van der Waals surface area contributed by atoms with E-state index in [9.17, 15) is 0 Å². The molecule has 4 heteroatoms. The van der Waals surface area contributed by atoms with Gasteiger partial charge in [-0.05, 0) is 37.0 Å². The van der Waals surface area contributed by atoms with Gasteiger partial charge in [0.05, 0.1) is 6.61 Å². The van der Waals surface area contributed by atoms with Gasteiger partial charge in [0.25, 0.3) is 0 Å². The minimum Gasteiger partial charge on any atom is -0.493 e. The summed E-state index contributed by atoms with van der Waals surface area (Å²) < 4.78 is 6.06. The molecule has 21 heavy (non-hydrogen) atoms. The lowest BCUT2D eigenvalue weighted by molar-refractivity contribution is 0.222. The zero-order valence-corrected chi connectivity index (χ0v) is 14.4. The predicted molar refractivity (Wildman–Crippen MR) is 89.4 cm³/mol. The van der Waals surface area contributed by atoms with Gasteiger partial charge in [0.2, 0.25) is 0 Å². The van der Waals surface area contributed by atoms with Gasteiger partial charge < -0.3 is 10.1 Å². The van der Waals surface area contributed by atoms with Crippen molar-refractivity contribution >= 4 is 11.6 Å². The first kappa shape index (κ1) is 16.6.